The summed E-state index contributed by atoms with van der Waals surface area (Å²) in [6.07, 6.45) is 1.57. The lowest BCUT2D eigenvalue weighted by Crippen LogP contribution is -2.16. The van der Waals surface area contributed by atoms with E-state index >= 15 is 0 Å². The van der Waals surface area contributed by atoms with Gasteiger partial charge in [-0.25, -0.2) is 4.57 Å². The highest BCUT2D eigenvalue weighted by atomic mass is 32.1. The van der Waals surface area contributed by atoms with Crippen LogP contribution in [0.1, 0.15) is 29.3 Å². The molecule has 0 spiro atoms. The lowest BCUT2D eigenvalue weighted by Gasteiger charge is -2.13. The summed E-state index contributed by atoms with van der Waals surface area (Å²) in [6, 6.07) is 17.1. The second-order valence-corrected chi connectivity index (χ2v) is 8.72. The Kier molecular flexibility index (Phi) is 5.50. The molecule has 29 heavy (non-hydrogen) atoms. The molecule has 2 atom stereocenters. The van der Waals surface area contributed by atoms with Crippen LogP contribution in [0.15, 0.2) is 60.0 Å². The van der Waals surface area contributed by atoms with Crippen molar-refractivity contribution < 1.29 is 13.9 Å². The van der Waals surface area contributed by atoms with Gasteiger partial charge in [0.15, 0.2) is 0 Å². The molecule has 0 saturated heterocycles. The van der Waals surface area contributed by atoms with Gasteiger partial charge in [-0.1, -0.05) is 31.2 Å². The first-order valence-corrected chi connectivity index (χ1v) is 11.0. The van der Waals surface area contributed by atoms with E-state index in [1.807, 2.05) is 41.8 Å². The summed E-state index contributed by atoms with van der Waals surface area (Å²) >= 11 is 1.64. The van der Waals surface area contributed by atoms with Crippen LogP contribution in [-0.4, -0.2) is 11.5 Å². The molecule has 148 valence electrons. The Balaban J connectivity index is 1.46. The Morgan fingerprint density at radius 1 is 1.28 bits per heavy atom. The van der Waals surface area contributed by atoms with Crippen LogP contribution in [0, 0.1) is 5.92 Å². The maximum atomic E-state index is 12.7. The molecule has 1 aliphatic rings. The fourth-order valence-corrected chi connectivity index (χ4v) is 4.71. The number of rotatable bonds is 7. The van der Waals surface area contributed by atoms with E-state index in [9.17, 15) is 9.36 Å². The summed E-state index contributed by atoms with van der Waals surface area (Å²) in [5.41, 5.74) is 9.45. The number of nitrogens with one attached hydrogen (secondary N) is 1. The van der Waals surface area contributed by atoms with Crippen molar-refractivity contribution in [2.45, 2.75) is 25.4 Å². The van der Waals surface area contributed by atoms with Gasteiger partial charge in [-0.05, 0) is 59.2 Å². The third-order valence-corrected chi connectivity index (χ3v) is 6.79. The predicted octanol–water partition coefficient (Wildman–Crippen LogP) is 5.79. The van der Waals surface area contributed by atoms with Crippen molar-refractivity contribution in [2.24, 2.45) is 5.92 Å². The van der Waals surface area contributed by atoms with Crippen molar-refractivity contribution >= 4 is 37.3 Å². The van der Waals surface area contributed by atoms with Crippen LogP contribution in [0.2, 0.25) is 0 Å². The number of nitrogen functional groups attached to an aromatic ring is 1. The summed E-state index contributed by atoms with van der Waals surface area (Å²) < 4.78 is 16.2. The second-order valence-electron chi connectivity index (χ2n) is 7.44. The molecule has 0 bridgehead atoms. The molecular weight excluding hydrogens is 403 g/mol. The third-order valence-electron chi connectivity index (χ3n) is 5.44. The van der Waals surface area contributed by atoms with Gasteiger partial charge in [-0.15, -0.1) is 11.3 Å². The maximum Gasteiger partial charge on any atom is 0.327 e. The van der Waals surface area contributed by atoms with E-state index in [1.54, 1.807) is 29.5 Å². The Morgan fingerprint density at radius 2 is 2.03 bits per heavy atom. The number of carbonyl (C=O) groups is 1. The van der Waals surface area contributed by atoms with Crippen LogP contribution >= 0.6 is 20.0 Å². The zero-order valence-electron chi connectivity index (χ0n) is 15.9. The SMILES string of the molecule is CC1CC1(Cc1ccc(C(=O)Nc2cc(-c3cccs3)ccc2N)cc1)OP=O. The van der Waals surface area contributed by atoms with Crippen LogP contribution in [0.5, 0.6) is 0 Å². The smallest absolute Gasteiger partial charge is 0.327 e. The Morgan fingerprint density at radius 3 is 2.66 bits per heavy atom. The minimum Gasteiger partial charge on any atom is -0.397 e. The van der Waals surface area contributed by atoms with Crippen molar-refractivity contribution in [3.05, 3.63) is 71.1 Å². The molecule has 1 aliphatic carbocycles. The number of carbonyl (C=O) groups excluding carboxylic acids is 1. The van der Waals surface area contributed by atoms with Gasteiger partial charge >= 0.3 is 8.69 Å². The van der Waals surface area contributed by atoms with Crippen LogP contribution in [0.4, 0.5) is 11.4 Å². The summed E-state index contributed by atoms with van der Waals surface area (Å²) in [7, 11) is -0.285. The van der Waals surface area contributed by atoms with Crippen LogP contribution < -0.4 is 11.1 Å². The quantitative estimate of drug-likeness (QED) is 0.371. The highest BCUT2D eigenvalue weighted by Gasteiger charge is 2.53. The summed E-state index contributed by atoms with van der Waals surface area (Å²) in [5, 5.41) is 4.92. The van der Waals surface area contributed by atoms with E-state index < -0.39 is 0 Å². The van der Waals surface area contributed by atoms with Gasteiger partial charge in [-0.3, -0.25) is 9.32 Å². The zero-order valence-corrected chi connectivity index (χ0v) is 17.6. The molecule has 3 aromatic rings. The van der Waals surface area contributed by atoms with Crippen molar-refractivity contribution in [1.29, 1.82) is 0 Å². The fourth-order valence-electron chi connectivity index (χ4n) is 3.51. The molecule has 0 aliphatic heterocycles. The van der Waals surface area contributed by atoms with Gasteiger partial charge < -0.3 is 11.1 Å². The van der Waals surface area contributed by atoms with Gasteiger partial charge in [0, 0.05) is 16.9 Å². The first-order valence-electron chi connectivity index (χ1n) is 9.35. The average Bonchev–Trinajstić information content (AvgIpc) is 3.10. The van der Waals surface area contributed by atoms with Gasteiger partial charge in [0.1, 0.15) is 0 Å². The number of anilines is 2. The molecular formula is C22H21N2O3PS. The lowest BCUT2D eigenvalue weighted by molar-refractivity contribution is 0.102. The molecule has 7 heteroatoms. The van der Waals surface area contributed by atoms with Crippen molar-refractivity contribution in [1.82, 2.24) is 0 Å². The largest absolute Gasteiger partial charge is 0.397 e. The molecule has 1 saturated carbocycles. The monoisotopic (exact) mass is 424 g/mol. The van der Waals surface area contributed by atoms with E-state index in [0.717, 1.165) is 22.4 Å². The van der Waals surface area contributed by atoms with Crippen molar-refractivity contribution in [3.63, 3.8) is 0 Å². The van der Waals surface area contributed by atoms with Gasteiger partial charge in [-0.2, -0.15) is 0 Å². The highest BCUT2D eigenvalue weighted by Crippen LogP contribution is 2.50. The first kappa shape index (κ1) is 19.8. The van der Waals surface area contributed by atoms with Gasteiger partial charge in [0.25, 0.3) is 5.91 Å². The van der Waals surface area contributed by atoms with E-state index in [0.29, 0.717) is 29.3 Å². The number of amides is 1. The van der Waals surface area contributed by atoms with Crippen LogP contribution in [-0.2, 0) is 15.5 Å². The predicted molar refractivity (Wildman–Crippen MR) is 117 cm³/mol. The molecule has 1 amide bonds. The topological polar surface area (TPSA) is 81.4 Å². The minimum atomic E-state index is -0.343. The third kappa shape index (κ3) is 4.25. The van der Waals surface area contributed by atoms with Gasteiger partial charge in [0.05, 0.1) is 17.0 Å². The van der Waals surface area contributed by atoms with E-state index in [2.05, 4.69) is 12.2 Å². The standard InChI is InChI=1S/C22H21N2O3PS/c1-14-12-22(14,27-28-26)13-15-4-6-16(7-5-15)21(25)24-19-11-17(8-9-18(19)23)20-3-2-10-29-20/h2-11,14H,12-13,23H2,1H3,(H,24,25). The lowest BCUT2D eigenvalue weighted by atomic mass is 10.0. The number of hydrogen-bond donors (Lipinski definition) is 2. The molecule has 0 radical (unpaired) electrons. The first-order chi connectivity index (χ1) is 14.0. The zero-order chi connectivity index (χ0) is 20.4. The Hall–Kier alpha value is -2.53. The Bertz CT molecular complexity index is 1040. The van der Waals surface area contributed by atoms with E-state index in [4.69, 9.17) is 10.3 Å². The minimum absolute atomic E-state index is 0.213. The number of thiophene rings is 1. The van der Waals surface area contributed by atoms with E-state index in [-0.39, 0.29) is 20.2 Å². The normalized spacial score (nSPS) is 20.5. The molecule has 1 fully saturated rings. The van der Waals surface area contributed by atoms with Crippen LogP contribution in [0.25, 0.3) is 10.4 Å². The molecule has 1 heterocycles. The maximum absolute atomic E-state index is 12.7. The fraction of sp³-hybridized carbons (Fsp3) is 0.227. The highest BCUT2D eigenvalue weighted by molar-refractivity contribution is 7.17. The molecule has 2 aromatic carbocycles. The summed E-state index contributed by atoms with van der Waals surface area (Å²) in [4.78, 5) is 13.8. The molecule has 5 nitrogen and oxygen atoms in total. The Labute approximate surface area is 175 Å². The second kappa shape index (κ2) is 8.07. The van der Waals surface area contributed by atoms with E-state index in [1.165, 1.54) is 0 Å². The molecule has 2 unspecified atom stereocenters. The van der Waals surface area contributed by atoms with Gasteiger partial charge in [0.2, 0.25) is 0 Å². The molecule has 4 rings (SSSR count). The molecule has 3 N–H and O–H groups in total. The molecule has 1 aromatic heterocycles. The summed E-state index contributed by atoms with van der Waals surface area (Å²) in [5.74, 6) is 0.168. The number of hydrogen-bond acceptors (Lipinski definition) is 5. The summed E-state index contributed by atoms with van der Waals surface area (Å²) in [6.45, 7) is 2.09. The van der Waals surface area contributed by atoms with Crippen LogP contribution in [0.3, 0.4) is 0 Å². The number of nitrogens with two attached hydrogens (primary N) is 1. The van der Waals surface area contributed by atoms with Crippen molar-refractivity contribution in [3.8, 4) is 10.4 Å². The average molecular weight is 424 g/mol. The number of benzene rings is 2. The van der Waals surface area contributed by atoms with Crippen molar-refractivity contribution in [2.75, 3.05) is 11.1 Å².